The minimum absolute atomic E-state index is 0.196. The van der Waals surface area contributed by atoms with E-state index in [-0.39, 0.29) is 5.75 Å². The first-order valence-electron chi connectivity index (χ1n) is 6.18. The lowest BCUT2D eigenvalue weighted by Gasteiger charge is -2.09. The predicted octanol–water partition coefficient (Wildman–Crippen LogP) is 4.87. The third-order valence-corrected chi connectivity index (χ3v) is 2.85. The van der Waals surface area contributed by atoms with Crippen LogP contribution >= 0.6 is 11.9 Å². The first-order chi connectivity index (χ1) is 10.0. The third kappa shape index (κ3) is 8.86. The Morgan fingerprint density at radius 2 is 1.76 bits per heavy atom. The summed E-state index contributed by atoms with van der Waals surface area (Å²) < 4.78 is 43.6. The second-order valence-electron chi connectivity index (χ2n) is 3.86. The molecule has 1 N–H and O–H groups in total. The molecule has 21 heavy (non-hydrogen) atoms. The number of benzene rings is 1. The van der Waals surface area contributed by atoms with Gasteiger partial charge in [0.25, 0.3) is 0 Å². The summed E-state index contributed by atoms with van der Waals surface area (Å²) >= 11 is 1.35. The van der Waals surface area contributed by atoms with Crippen LogP contribution in [0.2, 0.25) is 0 Å². The van der Waals surface area contributed by atoms with Crippen molar-refractivity contribution in [2.24, 2.45) is 0 Å². The Morgan fingerprint density at radius 1 is 1.10 bits per heavy atom. The van der Waals surface area contributed by atoms with E-state index in [1.165, 1.54) is 24.1 Å². The Bertz CT molecular complexity index is 493. The minimum Gasteiger partial charge on any atom is -0.484 e. The van der Waals surface area contributed by atoms with Gasteiger partial charge >= 0.3 is 6.18 Å². The predicted molar refractivity (Wildman–Crippen MR) is 80.1 cm³/mol. The van der Waals surface area contributed by atoms with Crippen LogP contribution in [0.5, 0.6) is 5.75 Å². The molecule has 114 valence electrons. The van der Waals surface area contributed by atoms with Gasteiger partial charge in [0.15, 0.2) is 6.61 Å². The highest BCUT2D eigenvalue weighted by atomic mass is 32.2. The quantitative estimate of drug-likeness (QED) is 0.573. The fourth-order valence-electron chi connectivity index (χ4n) is 1.21. The molecule has 6 heteroatoms. The first kappa shape index (κ1) is 17.2. The highest BCUT2D eigenvalue weighted by Gasteiger charge is 2.28. The Balaban J connectivity index is 2.34. The zero-order chi connectivity index (χ0) is 15.6. The van der Waals surface area contributed by atoms with Gasteiger partial charge in [-0.1, -0.05) is 24.3 Å². The number of allylic oxidation sites excluding steroid dienone is 5. The van der Waals surface area contributed by atoms with Gasteiger partial charge in [-0.3, -0.25) is 0 Å². The second kappa shape index (κ2) is 9.18. The van der Waals surface area contributed by atoms with E-state index in [4.69, 9.17) is 0 Å². The van der Waals surface area contributed by atoms with E-state index in [0.717, 1.165) is 4.90 Å². The monoisotopic (exact) mass is 315 g/mol. The molecule has 0 bridgehead atoms. The van der Waals surface area contributed by atoms with E-state index in [1.54, 1.807) is 18.3 Å². The van der Waals surface area contributed by atoms with Crippen molar-refractivity contribution in [2.75, 3.05) is 6.61 Å². The average molecular weight is 315 g/mol. The van der Waals surface area contributed by atoms with Gasteiger partial charge in [-0.2, -0.15) is 13.2 Å². The molecule has 1 rings (SSSR count). The van der Waals surface area contributed by atoms with Crippen LogP contribution < -0.4 is 9.46 Å². The van der Waals surface area contributed by atoms with Crippen molar-refractivity contribution in [1.29, 1.82) is 0 Å². The number of rotatable bonds is 7. The lowest BCUT2D eigenvalue weighted by Crippen LogP contribution is -2.19. The number of halogens is 3. The van der Waals surface area contributed by atoms with Crippen molar-refractivity contribution in [3.8, 4) is 5.75 Å². The fraction of sp³-hybridized carbons (Fsp3) is 0.200. The van der Waals surface area contributed by atoms with Crippen LogP contribution in [0.25, 0.3) is 0 Å². The molecular formula is C15H16F3NOS. The largest absolute Gasteiger partial charge is 0.484 e. The van der Waals surface area contributed by atoms with Crippen LogP contribution in [0.3, 0.4) is 0 Å². The molecule has 0 radical (unpaired) electrons. The van der Waals surface area contributed by atoms with Gasteiger partial charge in [-0.25, -0.2) is 0 Å². The number of nitrogens with one attached hydrogen (secondary N) is 1. The Kier molecular flexibility index (Phi) is 7.53. The molecule has 0 unspecified atom stereocenters. The van der Waals surface area contributed by atoms with Gasteiger partial charge in [0.1, 0.15) is 5.75 Å². The summed E-state index contributed by atoms with van der Waals surface area (Å²) in [6.45, 7) is 0.656. The summed E-state index contributed by atoms with van der Waals surface area (Å²) in [4.78, 5) is 0.872. The molecule has 0 aromatic heterocycles. The minimum atomic E-state index is -4.32. The normalized spacial score (nSPS) is 12.6. The fourth-order valence-corrected chi connectivity index (χ4v) is 1.76. The molecule has 0 saturated carbocycles. The van der Waals surface area contributed by atoms with E-state index < -0.39 is 12.8 Å². The summed E-state index contributed by atoms with van der Waals surface area (Å²) in [5.74, 6) is 0.196. The van der Waals surface area contributed by atoms with E-state index in [9.17, 15) is 13.2 Å². The summed E-state index contributed by atoms with van der Waals surface area (Å²) in [6.07, 6.45) is 6.90. The Labute approximate surface area is 126 Å². The molecule has 0 spiro atoms. The van der Waals surface area contributed by atoms with Gasteiger partial charge in [0.05, 0.1) is 0 Å². The van der Waals surface area contributed by atoms with E-state index in [0.29, 0.717) is 0 Å². The second-order valence-corrected chi connectivity index (χ2v) is 4.78. The van der Waals surface area contributed by atoms with Crippen LogP contribution in [0, 0.1) is 0 Å². The molecule has 0 aliphatic carbocycles. The smallest absolute Gasteiger partial charge is 0.422 e. The summed E-state index contributed by atoms with van der Waals surface area (Å²) in [5.41, 5.74) is 0. The third-order valence-electron chi connectivity index (χ3n) is 2.09. The SMILES string of the molecule is C\C=C/C=C\C=C\NSc1ccc(OCC(F)(F)F)cc1. The Morgan fingerprint density at radius 3 is 2.38 bits per heavy atom. The van der Waals surface area contributed by atoms with Gasteiger partial charge in [0.2, 0.25) is 0 Å². The highest BCUT2D eigenvalue weighted by Crippen LogP contribution is 2.21. The van der Waals surface area contributed by atoms with Crippen molar-refractivity contribution >= 4 is 11.9 Å². The summed E-state index contributed by atoms with van der Waals surface area (Å²) in [6, 6.07) is 6.39. The number of ether oxygens (including phenoxy) is 1. The van der Waals surface area contributed by atoms with E-state index in [2.05, 4.69) is 9.46 Å². The van der Waals surface area contributed by atoms with Crippen molar-refractivity contribution in [1.82, 2.24) is 4.72 Å². The average Bonchev–Trinajstić information content (AvgIpc) is 2.44. The molecule has 0 heterocycles. The topological polar surface area (TPSA) is 21.3 Å². The van der Waals surface area contributed by atoms with Crippen LogP contribution in [-0.2, 0) is 0 Å². The first-order valence-corrected chi connectivity index (χ1v) is 6.99. The molecular weight excluding hydrogens is 299 g/mol. The van der Waals surface area contributed by atoms with Crippen molar-refractivity contribution in [3.05, 3.63) is 60.8 Å². The maximum atomic E-state index is 12.0. The van der Waals surface area contributed by atoms with E-state index >= 15 is 0 Å². The maximum absolute atomic E-state index is 12.0. The summed E-state index contributed by atoms with van der Waals surface area (Å²) in [5, 5.41) is 0. The van der Waals surface area contributed by atoms with Crippen LogP contribution in [-0.4, -0.2) is 12.8 Å². The summed E-state index contributed by atoms with van der Waals surface area (Å²) in [7, 11) is 0. The van der Waals surface area contributed by atoms with Gasteiger partial charge < -0.3 is 9.46 Å². The van der Waals surface area contributed by atoms with Crippen LogP contribution in [0.4, 0.5) is 13.2 Å². The standard InChI is InChI=1S/C15H16F3NOS/c1-2-3-4-5-6-11-19-21-14-9-7-13(8-10-14)20-12-15(16,17)18/h2-11,19H,12H2,1H3/b3-2-,5-4-,11-6+. The molecule has 0 aliphatic rings. The van der Waals surface area contributed by atoms with Gasteiger partial charge in [0, 0.05) is 11.1 Å². The number of hydrogen-bond acceptors (Lipinski definition) is 3. The van der Waals surface area contributed by atoms with Crippen LogP contribution in [0.15, 0.2) is 65.7 Å². The molecule has 0 saturated heterocycles. The molecule has 0 atom stereocenters. The van der Waals surface area contributed by atoms with Gasteiger partial charge in [-0.05, 0) is 49.2 Å². The van der Waals surface area contributed by atoms with Crippen molar-refractivity contribution in [3.63, 3.8) is 0 Å². The molecule has 2 nitrogen and oxygen atoms in total. The molecule has 0 amide bonds. The van der Waals surface area contributed by atoms with E-state index in [1.807, 2.05) is 37.3 Å². The lowest BCUT2D eigenvalue weighted by molar-refractivity contribution is -0.153. The van der Waals surface area contributed by atoms with Crippen molar-refractivity contribution < 1.29 is 17.9 Å². The van der Waals surface area contributed by atoms with Gasteiger partial charge in [-0.15, -0.1) is 0 Å². The number of hydrogen-bond donors (Lipinski definition) is 1. The maximum Gasteiger partial charge on any atom is 0.422 e. The lowest BCUT2D eigenvalue weighted by atomic mass is 10.3. The van der Waals surface area contributed by atoms with Crippen LogP contribution in [0.1, 0.15) is 6.92 Å². The Hall–Kier alpha value is -1.82. The molecule has 0 aliphatic heterocycles. The van der Waals surface area contributed by atoms with Crippen molar-refractivity contribution in [2.45, 2.75) is 18.0 Å². The number of alkyl halides is 3. The zero-order valence-corrected chi connectivity index (χ0v) is 12.2. The highest BCUT2D eigenvalue weighted by molar-refractivity contribution is 7.97. The molecule has 0 fully saturated rings. The molecule has 1 aromatic rings. The molecule has 1 aromatic carbocycles. The zero-order valence-electron chi connectivity index (χ0n) is 11.4.